The second-order valence-electron chi connectivity index (χ2n) is 2.92. The molecule has 0 aliphatic heterocycles. The predicted molar refractivity (Wildman–Crippen MR) is 45.7 cm³/mol. The number of rotatable bonds is 3. The summed E-state index contributed by atoms with van der Waals surface area (Å²) in [6.07, 6.45) is 4.17. The summed E-state index contributed by atoms with van der Waals surface area (Å²) in [5.74, 6) is 0.888. The highest BCUT2D eigenvalue weighted by molar-refractivity contribution is 7.13. The standard InChI is InChI=1S/C7H11N3S/c1-2-6(3-1)4-8-7-10-9-5-11-7/h5-6H,1-4H2,(H,8,10). The zero-order chi connectivity index (χ0) is 7.52. The highest BCUT2D eigenvalue weighted by atomic mass is 32.1. The van der Waals surface area contributed by atoms with Crippen molar-refractivity contribution in [3.8, 4) is 0 Å². The molecule has 0 unspecified atom stereocenters. The lowest BCUT2D eigenvalue weighted by molar-refractivity contribution is 0.333. The minimum absolute atomic E-state index is 0.888. The average Bonchev–Trinajstić information content (AvgIpc) is 2.36. The van der Waals surface area contributed by atoms with Crippen molar-refractivity contribution in [2.45, 2.75) is 19.3 Å². The second-order valence-corrected chi connectivity index (χ2v) is 3.75. The topological polar surface area (TPSA) is 37.8 Å². The van der Waals surface area contributed by atoms with Gasteiger partial charge in [0.05, 0.1) is 0 Å². The lowest BCUT2D eigenvalue weighted by Crippen LogP contribution is -2.20. The SMILES string of the molecule is c1nnc(NCC2CCC2)s1. The zero-order valence-electron chi connectivity index (χ0n) is 6.29. The molecule has 1 aromatic heterocycles. The third kappa shape index (κ3) is 1.68. The summed E-state index contributed by atoms with van der Waals surface area (Å²) < 4.78 is 0. The Hall–Kier alpha value is -0.640. The summed E-state index contributed by atoms with van der Waals surface area (Å²) in [7, 11) is 0. The molecule has 1 saturated carbocycles. The van der Waals surface area contributed by atoms with Crippen LogP contribution >= 0.6 is 11.3 Å². The third-order valence-electron chi connectivity index (χ3n) is 2.13. The summed E-state index contributed by atoms with van der Waals surface area (Å²) in [4.78, 5) is 0. The van der Waals surface area contributed by atoms with E-state index in [1.165, 1.54) is 19.3 Å². The fraction of sp³-hybridized carbons (Fsp3) is 0.714. The smallest absolute Gasteiger partial charge is 0.205 e. The van der Waals surface area contributed by atoms with Gasteiger partial charge in [0.2, 0.25) is 5.13 Å². The Kier molecular flexibility index (Phi) is 2.03. The number of hydrogen-bond acceptors (Lipinski definition) is 4. The molecule has 11 heavy (non-hydrogen) atoms. The van der Waals surface area contributed by atoms with Crippen LogP contribution in [0.2, 0.25) is 0 Å². The molecule has 1 N–H and O–H groups in total. The zero-order valence-corrected chi connectivity index (χ0v) is 7.10. The lowest BCUT2D eigenvalue weighted by Gasteiger charge is -2.24. The number of nitrogens with one attached hydrogen (secondary N) is 1. The summed E-state index contributed by atoms with van der Waals surface area (Å²) in [5.41, 5.74) is 1.75. The quantitative estimate of drug-likeness (QED) is 0.749. The maximum Gasteiger partial charge on any atom is 0.205 e. The van der Waals surface area contributed by atoms with Crippen LogP contribution in [0.25, 0.3) is 0 Å². The van der Waals surface area contributed by atoms with Gasteiger partial charge in [-0.1, -0.05) is 17.8 Å². The number of hydrogen-bond donors (Lipinski definition) is 1. The van der Waals surface area contributed by atoms with E-state index in [9.17, 15) is 0 Å². The molecule has 3 nitrogen and oxygen atoms in total. The van der Waals surface area contributed by atoms with E-state index < -0.39 is 0 Å². The van der Waals surface area contributed by atoms with E-state index in [-0.39, 0.29) is 0 Å². The van der Waals surface area contributed by atoms with Gasteiger partial charge in [-0.2, -0.15) is 0 Å². The minimum atomic E-state index is 0.888. The number of aromatic nitrogens is 2. The van der Waals surface area contributed by atoms with Crippen LogP contribution < -0.4 is 5.32 Å². The van der Waals surface area contributed by atoms with Crippen LogP contribution in [0.5, 0.6) is 0 Å². The van der Waals surface area contributed by atoms with Gasteiger partial charge in [-0.05, 0) is 18.8 Å². The minimum Gasteiger partial charge on any atom is -0.360 e. The summed E-state index contributed by atoms with van der Waals surface area (Å²) in [5, 5.41) is 11.9. The molecule has 60 valence electrons. The maximum absolute atomic E-state index is 3.90. The van der Waals surface area contributed by atoms with E-state index >= 15 is 0 Å². The molecule has 0 bridgehead atoms. The van der Waals surface area contributed by atoms with Crippen molar-refractivity contribution in [2.24, 2.45) is 5.92 Å². The van der Waals surface area contributed by atoms with Crippen LogP contribution in [0, 0.1) is 5.92 Å². The molecule has 0 saturated heterocycles. The first-order valence-corrected chi connectivity index (χ1v) is 4.83. The Bertz CT molecular complexity index is 205. The van der Waals surface area contributed by atoms with Gasteiger partial charge < -0.3 is 5.32 Å². The normalized spacial score (nSPS) is 17.8. The predicted octanol–water partition coefficient (Wildman–Crippen LogP) is 1.75. The van der Waals surface area contributed by atoms with Gasteiger partial charge in [0.15, 0.2) is 0 Å². The van der Waals surface area contributed by atoms with Crippen molar-refractivity contribution in [1.29, 1.82) is 0 Å². The fourth-order valence-electron chi connectivity index (χ4n) is 1.18. The van der Waals surface area contributed by atoms with Gasteiger partial charge >= 0.3 is 0 Å². The molecule has 0 atom stereocenters. The molecule has 0 aromatic carbocycles. The molecule has 0 radical (unpaired) electrons. The lowest BCUT2D eigenvalue weighted by atomic mass is 9.86. The van der Waals surface area contributed by atoms with Crippen molar-refractivity contribution in [3.05, 3.63) is 5.51 Å². The van der Waals surface area contributed by atoms with E-state index in [4.69, 9.17) is 0 Å². The highest BCUT2D eigenvalue weighted by Crippen LogP contribution is 2.26. The Labute approximate surface area is 69.8 Å². The van der Waals surface area contributed by atoms with Crippen LogP contribution in [0.1, 0.15) is 19.3 Å². The molecule has 1 aromatic rings. The monoisotopic (exact) mass is 169 g/mol. The van der Waals surface area contributed by atoms with Gasteiger partial charge in [-0.25, -0.2) is 0 Å². The molecule has 2 rings (SSSR count). The molecule has 1 aliphatic rings. The Balaban J connectivity index is 1.74. The molecular weight excluding hydrogens is 158 g/mol. The molecule has 0 spiro atoms. The molecule has 1 aliphatic carbocycles. The maximum atomic E-state index is 3.90. The third-order valence-corrected chi connectivity index (χ3v) is 2.78. The largest absolute Gasteiger partial charge is 0.360 e. The fourth-order valence-corrected chi connectivity index (χ4v) is 1.63. The Morgan fingerprint density at radius 1 is 1.64 bits per heavy atom. The molecule has 1 heterocycles. The van der Waals surface area contributed by atoms with E-state index in [2.05, 4.69) is 15.5 Å². The molecular formula is C7H11N3S. The molecule has 0 amide bonds. The van der Waals surface area contributed by atoms with E-state index in [1.807, 2.05) is 0 Å². The van der Waals surface area contributed by atoms with E-state index in [0.29, 0.717) is 0 Å². The summed E-state index contributed by atoms with van der Waals surface area (Å²) in [6, 6.07) is 0. The van der Waals surface area contributed by atoms with Crippen molar-refractivity contribution in [1.82, 2.24) is 10.2 Å². The van der Waals surface area contributed by atoms with Gasteiger partial charge in [-0.3, -0.25) is 0 Å². The summed E-state index contributed by atoms with van der Waals surface area (Å²) >= 11 is 1.57. The van der Waals surface area contributed by atoms with E-state index in [0.717, 1.165) is 17.6 Å². The van der Waals surface area contributed by atoms with Crippen LogP contribution in [0.15, 0.2) is 5.51 Å². The Morgan fingerprint density at radius 2 is 2.55 bits per heavy atom. The Morgan fingerprint density at radius 3 is 3.09 bits per heavy atom. The van der Waals surface area contributed by atoms with E-state index in [1.54, 1.807) is 16.8 Å². The average molecular weight is 169 g/mol. The van der Waals surface area contributed by atoms with Crippen LogP contribution in [-0.2, 0) is 0 Å². The van der Waals surface area contributed by atoms with Crippen molar-refractivity contribution >= 4 is 16.5 Å². The molecule has 1 fully saturated rings. The summed E-state index contributed by atoms with van der Waals surface area (Å²) in [6.45, 7) is 1.08. The second kappa shape index (κ2) is 3.17. The number of nitrogens with zero attached hydrogens (tertiary/aromatic N) is 2. The highest BCUT2D eigenvalue weighted by Gasteiger charge is 2.16. The van der Waals surface area contributed by atoms with Crippen LogP contribution in [-0.4, -0.2) is 16.7 Å². The first kappa shape index (κ1) is 7.03. The van der Waals surface area contributed by atoms with Crippen LogP contribution in [0.4, 0.5) is 5.13 Å². The van der Waals surface area contributed by atoms with Gasteiger partial charge in [0.25, 0.3) is 0 Å². The van der Waals surface area contributed by atoms with Crippen molar-refractivity contribution in [2.75, 3.05) is 11.9 Å². The molecule has 4 heteroatoms. The number of anilines is 1. The van der Waals surface area contributed by atoms with Crippen LogP contribution in [0.3, 0.4) is 0 Å². The first-order valence-electron chi connectivity index (χ1n) is 3.95. The van der Waals surface area contributed by atoms with Gasteiger partial charge in [0, 0.05) is 6.54 Å². The van der Waals surface area contributed by atoms with Gasteiger partial charge in [-0.15, -0.1) is 10.2 Å². The van der Waals surface area contributed by atoms with Crippen molar-refractivity contribution < 1.29 is 0 Å². The van der Waals surface area contributed by atoms with Crippen molar-refractivity contribution in [3.63, 3.8) is 0 Å². The first-order chi connectivity index (χ1) is 5.45. The van der Waals surface area contributed by atoms with Gasteiger partial charge in [0.1, 0.15) is 5.51 Å².